The van der Waals surface area contributed by atoms with Crippen LogP contribution in [-0.2, 0) is 4.74 Å². The number of hydrogen-bond donors (Lipinski definition) is 0. The Labute approximate surface area is 55.8 Å². The van der Waals surface area contributed by atoms with E-state index in [1.54, 1.807) is 0 Å². The first-order valence-corrected chi connectivity index (χ1v) is 3.76. The smallest absolute Gasteiger partial charge is 0.0936 e. The molecule has 2 heteroatoms. The Kier molecular flexibility index (Phi) is 1.24. The molecule has 2 saturated heterocycles. The molecule has 0 saturated carbocycles. The van der Waals surface area contributed by atoms with Crippen molar-refractivity contribution in [3.63, 3.8) is 0 Å². The lowest BCUT2D eigenvalue weighted by Crippen LogP contribution is -2.08. The van der Waals surface area contributed by atoms with Gasteiger partial charge in [-0.3, -0.25) is 4.90 Å². The molecule has 2 nitrogen and oxygen atoms in total. The first-order chi connectivity index (χ1) is 4.40. The Morgan fingerprint density at radius 3 is 2.89 bits per heavy atom. The fourth-order valence-corrected chi connectivity index (χ4v) is 1.27. The fraction of sp³-hybridized carbons (Fsp3) is 1.00. The molecule has 9 heavy (non-hydrogen) atoms. The lowest BCUT2D eigenvalue weighted by Gasteiger charge is -1.95. The second-order valence-electron chi connectivity index (χ2n) is 2.97. The molecule has 0 amide bonds. The highest BCUT2D eigenvalue weighted by atomic mass is 16.6. The number of rotatable bonds is 3. The summed E-state index contributed by atoms with van der Waals surface area (Å²) in [5, 5.41) is 0. The van der Waals surface area contributed by atoms with E-state index in [4.69, 9.17) is 4.74 Å². The number of nitrogens with zero attached hydrogens (tertiary/aromatic N) is 1. The molecule has 2 rings (SSSR count). The van der Waals surface area contributed by atoms with Crippen molar-refractivity contribution in [1.82, 2.24) is 4.90 Å². The minimum absolute atomic E-state index is 0.599. The normalized spacial score (nSPS) is 47.0. The highest BCUT2D eigenvalue weighted by Gasteiger charge is 2.37. The van der Waals surface area contributed by atoms with Crippen LogP contribution in [0.4, 0.5) is 0 Å². The summed E-state index contributed by atoms with van der Waals surface area (Å²) in [4.78, 5) is 2.48. The molecule has 0 aromatic rings. The zero-order valence-corrected chi connectivity index (χ0v) is 5.84. The molecule has 0 spiro atoms. The van der Waals surface area contributed by atoms with Gasteiger partial charge in [-0.1, -0.05) is 6.92 Å². The van der Waals surface area contributed by atoms with Gasteiger partial charge in [-0.15, -0.1) is 0 Å². The van der Waals surface area contributed by atoms with E-state index in [0.29, 0.717) is 6.10 Å². The molecule has 0 N–H and O–H groups in total. The summed E-state index contributed by atoms with van der Waals surface area (Å²) in [7, 11) is 0. The topological polar surface area (TPSA) is 15.5 Å². The average molecular weight is 127 g/mol. The number of epoxide rings is 1. The minimum Gasteiger partial charge on any atom is -0.372 e. The van der Waals surface area contributed by atoms with E-state index in [0.717, 1.165) is 12.6 Å². The summed E-state index contributed by atoms with van der Waals surface area (Å²) in [6.07, 6.45) is 1.91. The lowest BCUT2D eigenvalue weighted by atomic mass is 10.4. The lowest BCUT2D eigenvalue weighted by molar-refractivity contribution is 0.359. The highest BCUT2D eigenvalue weighted by Crippen LogP contribution is 2.23. The van der Waals surface area contributed by atoms with E-state index in [9.17, 15) is 0 Å². The molecule has 0 aromatic heterocycles. The van der Waals surface area contributed by atoms with E-state index in [2.05, 4.69) is 11.8 Å². The Balaban J connectivity index is 1.65. The molecule has 2 heterocycles. The van der Waals surface area contributed by atoms with E-state index in [1.807, 2.05) is 0 Å². The molecule has 2 aliphatic heterocycles. The van der Waals surface area contributed by atoms with Crippen LogP contribution in [0, 0.1) is 0 Å². The highest BCUT2D eigenvalue weighted by molar-refractivity contribution is 4.91. The summed E-state index contributed by atoms with van der Waals surface area (Å²) >= 11 is 0. The first kappa shape index (κ1) is 5.69. The molecule has 3 atom stereocenters. The zero-order chi connectivity index (χ0) is 6.27. The van der Waals surface area contributed by atoms with Crippen LogP contribution in [0.2, 0.25) is 0 Å². The maximum atomic E-state index is 5.11. The van der Waals surface area contributed by atoms with Gasteiger partial charge in [-0.25, -0.2) is 0 Å². The van der Waals surface area contributed by atoms with E-state index < -0.39 is 0 Å². The summed E-state index contributed by atoms with van der Waals surface area (Å²) < 4.78 is 5.11. The predicted octanol–water partition coefficient (Wildman–Crippen LogP) is 0.479. The van der Waals surface area contributed by atoms with Crippen molar-refractivity contribution in [2.75, 3.05) is 19.7 Å². The van der Waals surface area contributed by atoms with Crippen LogP contribution in [0.1, 0.15) is 13.3 Å². The third-order valence-electron chi connectivity index (χ3n) is 2.14. The standard InChI is InChI=1S/C7H13NO/c1-2-6-3-8(6)4-7-5-9-7/h6-7H,2-5H2,1H3. The summed E-state index contributed by atoms with van der Waals surface area (Å²) in [6.45, 7) is 5.76. The van der Waals surface area contributed by atoms with Crippen LogP contribution in [0.25, 0.3) is 0 Å². The molecule has 0 radical (unpaired) electrons. The molecule has 3 unspecified atom stereocenters. The van der Waals surface area contributed by atoms with Crippen molar-refractivity contribution in [3.8, 4) is 0 Å². The van der Waals surface area contributed by atoms with Crippen LogP contribution in [0.3, 0.4) is 0 Å². The second kappa shape index (κ2) is 1.96. The Bertz CT molecular complexity index is 111. The summed E-state index contributed by atoms with van der Waals surface area (Å²) in [5.41, 5.74) is 0. The van der Waals surface area contributed by atoms with Crippen molar-refractivity contribution in [2.24, 2.45) is 0 Å². The second-order valence-corrected chi connectivity index (χ2v) is 2.97. The van der Waals surface area contributed by atoms with Gasteiger partial charge in [0.25, 0.3) is 0 Å². The van der Waals surface area contributed by atoms with Gasteiger partial charge in [0.2, 0.25) is 0 Å². The SMILES string of the molecule is CCC1CN1CC1CO1. The monoisotopic (exact) mass is 127 g/mol. The van der Waals surface area contributed by atoms with Crippen molar-refractivity contribution in [3.05, 3.63) is 0 Å². The Morgan fingerprint density at radius 1 is 1.67 bits per heavy atom. The van der Waals surface area contributed by atoms with Crippen molar-refractivity contribution in [1.29, 1.82) is 0 Å². The fourth-order valence-electron chi connectivity index (χ4n) is 1.27. The first-order valence-electron chi connectivity index (χ1n) is 3.76. The maximum absolute atomic E-state index is 5.11. The van der Waals surface area contributed by atoms with Gasteiger partial charge < -0.3 is 4.74 Å². The molecule has 2 aliphatic rings. The summed E-state index contributed by atoms with van der Waals surface area (Å²) in [6, 6.07) is 0.897. The molecular formula is C7H13NO. The van der Waals surface area contributed by atoms with Crippen molar-refractivity contribution >= 4 is 0 Å². The van der Waals surface area contributed by atoms with Crippen LogP contribution in [0.15, 0.2) is 0 Å². The molecule has 0 aromatic carbocycles. The zero-order valence-electron chi connectivity index (χ0n) is 5.84. The van der Waals surface area contributed by atoms with Gasteiger partial charge in [-0.2, -0.15) is 0 Å². The quantitative estimate of drug-likeness (QED) is 0.512. The van der Waals surface area contributed by atoms with Gasteiger partial charge in [0.15, 0.2) is 0 Å². The van der Waals surface area contributed by atoms with E-state index in [-0.39, 0.29) is 0 Å². The van der Waals surface area contributed by atoms with Gasteiger partial charge >= 0.3 is 0 Å². The van der Waals surface area contributed by atoms with Crippen LogP contribution < -0.4 is 0 Å². The number of ether oxygens (including phenoxy) is 1. The third kappa shape index (κ3) is 1.25. The molecule has 2 fully saturated rings. The van der Waals surface area contributed by atoms with E-state index >= 15 is 0 Å². The maximum Gasteiger partial charge on any atom is 0.0936 e. The van der Waals surface area contributed by atoms with Crippen molar-refractivity contribution in [2.45, 2.75) is 25.5 Å². The predicted molar refractivity (Wildman–Crippen MR) is 35.4 cm³/mol. The molecule has 52 valence electrons. The van der Waals surface area contributed by atoms with Gasteiger partial charge in [-0.05, 0) is 6.42 Å². The van der Waals surface area contributed by atoms with Crippen LogP contribution >= 0.6 is 0 Å². The molecule has 0 aliphatic carbocycles. The minimum atomic E-state index is 0.599. The van der Waals surface area contributed by atoms with Crippen molar-refractivity contribution < 1.29 is 4.74 Å². The van der Waals surface area contributed by atoms with Gasteiger partial charge in [0.05, 0.1) is 12.7 Å². The van der Waals surface area contributed by atoms with E-state index in [1.165, 1.54) is 19.5 Å². The van der Waals surface area contributed by atoms with Gasteiger partial charge in [0.1, 0.15) is 0 Å². The molecule has 0 bridgehead atoms. The Morgan fingerprint density at radius 2 is 2.44 bits per heavy atom. The summed E-state index contributed by atoms with van der Waals surface area (Å²) in [5.74, 6) is 0. The van der Waals surface area contributed by atoms with Crippen LogP contribution in [0.5, 0.6) is 0 Å². The third-order valence-corrected chi connectivity index (χ3v) is 2.14. The van der Waals surface area contributed by atoms with Gasteiger partial charge in [0, 0.05) is 19.1 Å². The van der Waals surface area contributed by atoms with Crippen LogP contribution in [-0.4, -0.2) is 36.7 Å². The molecular weight excluding hydrogens is 114 g/mol. The Hall–Kier alpha value is -0.0800. The number of hydrogen-bond acceptors (Lipinski definition) is 2. The largest absolute Gasteiger partial charge is 0.372 e. The average Bonchev–Trinajstić information content (AvgIpc) is 2.66.